The number of carbonyl (C=O) groups excluding carboxylic acids is 2. The first-order chi connectivity index (χ1) is 6.58. The van der Waals surface area contributed by atoms with E-state index in [-0.39, 0.29) is 18.8 Å². The second-order valence-corrected chi connectivity index (χ2v) is 2.97. The first kappa shape index (κ1) is 10.4. The molecule has 0 atom stereocenters. The van der Waals surface area contributed by atoms with Crippen LogP contribution in [0.25, 0.3) is 0 Å². The number of ketones is 1. The average Bonchev–Trinajstić information content (AvgIpc) is 2.47. The van der Waals surface area contributed by atoms with Crippen LogP contribution in [0.4, 0.5) is 0 Å². The summed E-state index contributed by atoms with van der Waals surface area (Å²) in [4.78, 5) is 21.5. The minimum atomic E-state index is -0.549. The fraction of sp³-hybridized carbons (Fsp3) is 0.444. The molecule has 0 saturated heterocycles. The highest BCUT2D eigenvalue weighted by molar-refractivity contribution is 5.94. The minimum Gasteiger partial charge on any atom is -0.457 e. The highest BCUT2D eigenvalue weighted by Gasteiger charge is 2.08. The van der Waals surface area contributed by atoms with Crippen molar-refractivity contribution in [1.82, 2.24) is 5.16 Å². The molecule has 1 aromatic heterocycles. The number of hydrogen-bond acceptors (Lipinski definition) is 5. The van der Waals surface area contributed by atoms with Crippen molar-refractivity contribution in [3.05, 3.63) is 17.5 Å². The molecule has 5 heteroatoms. The fourth-order valence-corrected chi connectivity index (χ4v) is 0.890. The third kappa shape index (κ3) is 3.38. The Morgan fingerprint density at radius 2 is 2.29 bits per heavy atom. The molecule has 1 aromatic rings. The minimum absolute atomic E-state index is 0.0208. The van der Waals surface area contributed by atoms with Gasteiger partial charge in [-0.2, -0.15) is 0 Å². The number of carbonyl (C=O) groups is 2. The summed E-state index contributed by atoms with van der Waals surface area (Å²) in [5, 5.41) is 3.62. The summed E-state index contributed by atoms with van der Waals surface area (Å²) in [5.41, 5.74) is 0.725. The molecule has 1 rings (SSSR count). The van der Waals surface area contributed by atoms with Crippen LogP contribution in [0.2, 0.25) is 0 Å². The number of hydrogen-bond donors (Lipinski definition) is 0. The molecule has 1 heterocycles. The van der Waals surface area contributed by atoms with Crippen LogP contribution in [0.5, 0.6) is 0 Å². The Kier molecular flexibility index (Phi) is 3.39. The first-order valence-corrected chi connectivity index (χ1v) is 4.15. The standard InChI is InChI=1S/C9H11NO4/c1-6-3-8(14-10-6)5-13-9(12)4-7(2)11/h3H,4-5H2,1-2H3. The van der Waals surface area contributed by atoms with Crippen LogP contribution in [-0.2, 0) is 20.9 Å². The second kappa shape index (κ2) is 4.55. The molecule has 0 unspecified atom stereocenters. The third-order valence-corrected chi connectivity index (χ3v) is 1.45. The maximum absolute atomic E-state index is 10.9. The molecular weight excluding hydrogens is 186 g/mol. The number of rotatable bonds is 4. The smallest absolute Gasteiger partial charge is 0.313 e. The summed E-state index contributed by atoms with van der Waals surface area (Å²) in [6.45, 7) is 3.12. The van der Waals surface area contributed by atoms with Gasteiger partial charge in [-0.15, -0.1) is 0 Å². The van der Waals surface area contributed by atoms with Crippen molar-refractivity contribution in [1.29, 1.82) is 0 Å². The van der Waals surface area contributed by atoms with Crippen LogP contribution in [0.15, 0.2) is 10.6 Å². The normalized spacial score (nSPS) is 9.86. The molecule has 0 aliphatic heterocycles. The number of nitrogens with zero attached hydrogens (tertiary/aromatic N) is 1. The van der Waals surface area contributed by atoms with E-state index in [4.69, 9.17) is 9.26 Å². The zero-order valence-corrected chi connectivity index (χ0v) is 8.07. The predicted molar refractivity (Wildman–Crippen MR) is 46.3 cm³/mol. The zero-order valence-electron chi connectivity index (χ0n) is 8.07. The SMILES string of the molecule is CC(=O)CC(=O)OCc1cc(C)no1. The van der Waals surface area contributed by atoms with Crippen molar-refractivity contribution in [2.75, 3.05) is 0 Å². The molecule has 76 valence electrons. The van der Waals surface area contributed by atoms with Crippen LogP contribution in [0.3, 0.4) is 0 Å². The van der Waals surface area contributed by atoms with Crippen molar-refractivity contribution in [2.24, 2.45) is 0 Å². The molecule has 0 aromatic carbocycles. The number of aryl methyl sites for hydroxylation is 1. The van der Waals surface area contributed by atoms with Gasteiger partial charge < -0.3 is 9.26 Å². The first-order valence-electron chi connectivity index (χ1n) is 4.15. The van der Waals surface area contributed by atoms with Gasteiger partial charge in [0, 0.05) is 6.07 Å². The highest BCUT2D eigenvalue weighted by Crippen LogP contribution is 2.04. The van der Waals surface area contributed by atoms with Gasteiger partial charge in [-0.25, -0.2) is 0 Å². The van der Waals surface area contributed by atoms with Gasteiger partial charge in [-0.05, 0) is 13.8 Å². The van der Waals surface area contributed by atoms with Crippen LogP contribution in [0, 0.1) is 6.92 Å². The van der Waals surface area contributed by atoms with Crippen LogP contribution in [-0.4, -0.2) is 16.9 Å². The molecule has 0 aliphatic rings. The molecule has 0 N–H and O–H groups in total. The predicted octanol–water partition coefficient (Wildman–Crippen LogP) is 1.01. The average molecular weight is 197 g/mol. The molecule has 0 aliphatic carbocycles. The van der Waals surface area contributed by atoms with Gasteiger partial charge >= 0.3 is 5.97 Å². The zero-order chi connectivity index (χ0) is 10.6. The van der Waals surface area contributed by atoms with E-state index >= 15 is 0 Å². The van der Waals surface area contributed by atoms with E-state index in [9.17, 15) is 9.59 Å². The highest BCUT2D eigenvalue weighted by atomic mass is 16.5. The Morgan fingerprint density at radius 1 is 1.57 bits per heavy atom. The quantitative estimate of drug-likeness (QED) is 0.532. The Morgan fingerprint density at radius 3 is 2.79 bits per heavy atom. The summed E-state index contributed by atoms with van der Waals surface area (Å²) in [6.07, 6.45) is -0.201. The van der Waals surface area contributed by atoms with E-state index in [0.717, 1.165) is 5.69 Å². The molecule has 0 saturated carbocycles. The molecule has 5 nitrogen and oxygen atoms in total. The van der Waals surface area contributed by atoms with Crippen LogP contribution >= 0.6 is 0 Å². The van der Waals surface area contributed by atoms with Crippen molar-refractivity contribution >= 4 is 11.8 Å². The number of Topliss-reactive ketones (excluding diaryl/α,β-unsaturated/α-hetero) is 1. The third-order valence-electron chi connectivity index (χ3n) is 1.45. The van der Waals surface area contributed by atoms with E-state index in [0.29, 0.717) is 5.76 Å². The van der Waals surface area contributed by atoms with E-state index in [2.05, 4.69) is 5.16 Å². The topological polar surface area (TPSA) is 69.4 Å². The lowest BCUT2D eigenvalue weighted by Gasteiger charge is -1.98. The Hall–Kier alpha value is -1.65. The molecule has 0 spiro atoms. The number of ether oxygens (including phenoxy) is 1. The van der Waals surface area contributed by atoms with Gasteiger partial charge in [-0.3, -0.25) is 9.59 Å². The van der Waals surface area contributed by atoms with E-state index in [1.165, 1.54) is 6.92 Å². The Bertz CT molecular complexity index is 342. The summed E-state index contributed by atoms with van der Waals surface area (Å²) in [5.74, 6) is -0.297. The van der Waals surface area contributed by atoms with Crippen molar-refractivity contribution < 1.29 is 18.8 Å². The lowest BCUT2D eigenvalue weighted by molar-refractivity contribution is -0.147. The monoisotopic (exact) mass is 197 g/mol. The van der Waals surface area contributed by atoms with E-state index in [1.54, 1.807) is 13.0 Å². The summed E-state index contributed by atoms with van der Waals surface area (Å²) >= 11 is 0. The van der Waals surface area contributed by atoms with Gasteiger partial charge in [0.1, 0.15) is 12.2 Å². The maximum Gasteiger partial charge on any atom is 0.313 e. The van der Waals surface area contributed by atoms with Crippen LogP contribution < -0.4 is 0 Å². The summed E-state index contributed by atoms with van der Waals surface area (Å²) in [6, 6.07) is 1.67. The van der Waals surface area contributed by atoms with Gasteiger partial charge in [0.15, 0.2) is 12.4 Å². The van der Waals surface area contributed by atoms with Gasteiger partial charge in [0.2, 0.25) is 0 Å². The largest absolute Gasteiger partial charge is 0.457 e. The van der Waals surface area contributed by atoms with Gasteiger partial charge in [0.25, 0.3) is 0 Å². The molecule has 0 bridgehead atoms. The number of aromatic nitrogens is 1. The Balaban J connectivity index is 2.34. The molecule has 14 heavy (non-hydrogen) atoms. The van der Waals surface area contributed by atoms with Gasteiger partial charge in [0.05, 0.1) is 5.69 Å². The summed E-state index contributed by atoms with van der Waals surface area (Å²) in [7, 11) is 0. The van der Waals surface area contributed by atoms with E-state index < -0.39 is 5.97 Å². The van der Waals surface area contributed by atoms with Gasteiger partial charge in [-0.1, -0.05) is 5.16 Å². The molecular formula is C9H11NO4. The summed E-state index contributed by atoms with van der Waals surface area (Å²) < 4.78 is 9.57. The Labute approximate surface area is 81.0 Å². The molecule has 0 amide bonds. The molecule has 0 fully saturated rings. The lowest BCUT2D eigenvalue weighted by atomic mass is 10.3. The molecule has 0 radical (unpaired) electrons. The van der Waals surface area contributed by atoms with Crippen molar-refractivity contribution in [3.8, 4) is 0 Å². The van der Waals surface area contributed by atoms with Crippen LogP contribution in [0.1, 0.15) is 24.8 Å². The van der Waals surface area contributed by atoms with E-state index in [1.807, 2.05) is 0 Å². The van der Waals surface area contributed by atoms with Crippen molar-refractivity contribution in [2.45, 2.75) is 26.9 Å². The second-order valence-electron chi connectivity index (χ2n) is 2.97. The number of esters is 1. The maximum atomic E-state index is 10.9. The fourth-order valence-electron chi connectivity index (χ4n) is 0.890. The lowest BCUT2D eigenvalue weighted by Crippen LogP contribution is -2.08. The van der Waals surface area contributed by atoms with Crippen molar-refractivity contribution in [3.63, 3.8) is 0 Å².